The SMILES string of the molecule is Fc1c(C(F)(F)F)cc(Cl)c(-c2c(Cl)nc3ncnn3c2Cl)c1Cl. The Hall–Kier alpha value is -1.35. The highest BCUT2D eigenvalue weighted by Gasteiger charge is 2.37. The molecule has 3 rings (SSSR count). The number of hydrogen-bond acceptors (Lipinski definition) is 3. The molecule has 0 N–H and O–H groups in total. The van der Waals surface area contributed by atoms with Gasteiger partial charge in [0.05, 0.1) is 21.2 Å². The fourth-order valence-corrected chi connectivity index (χ4v) is 3.28. The maximum atomic E-state index is 14.1. The zero-order valence-electron chi connectivity index (χ0n) is 11.0. The number of benzene rings is 1. The molecule has 0 aliphatic heterocycles. The molecule has 0 saturated heterocycles. The average Bonchev–Trinajstić information content (AvgIpc) is 2.93. The Morgan fingerprint density at radius 2 is 1.71 bits per heavy atom. The van der Waals surface area contributed by atoms with E-state index in [1.165, 1.54) is 0 Å². The standard InChI is InChI=1S/C12H2Cl4F4N4/c13-4-1-3(12(18,19)20)8(17)7(14)5(4)6-9(15)23-11-21-2-22-24(11)10(6)16/h1-2H. The number of nitrogens with zero attached hydrogens (tertiary/aromatic N) is 4. The van der Waals surface area contributed by atoms with Gasteiger partial charge in [-0.05, 0) is 6.07 Å². The molecule has 0 aliphatic carbocycles. The molecule has 2 heterocycles. The van der Waals surface area contributed by atoms with Crippen LogP contribution in [0.2, 0.25) is 20.4 Å². The first-order chi connectivity index (χ1) is 11.1. The quantitative estimate of drug-likeness (QED) is 0.294. The van der Waals surface area contributed by atoms with Crippen molar-refractivity contribution in [3.63, 3.8) is 0 Å². The van der Waals surface area contributed by atoms with Crippen molar-refractivity contribution in [3.05, 3.63) is 44.1 Å². The fourth-order valence-electron chi connectivity index (χ4n) is 2.02. The molecule has 0 atom stereocenters. The van der Waals surface area contributed by atoms with Crippen molar-refractivity contribution < 1.29 is 17.6 Å². The highest BCUT2D eigenvalue weighted by molar-refractivity contribution is 6.43. The summed E-state index contributed by atoms with van der Waals surface area (Å²) in [5.74, 6) is -1.66. The van der Waals surface area contributed by atoms with Crippen LogP contribution in [0.15, 0.2) is 12.4 Å². The van der Waals surface area contributed by atoms with Gasteiger partial charge in [0.2, 0.25) is 0 Å². The first-order valence-corrected chi connectivity index (χ1v) is 7.44. The maximum Gasteiger partial charge on any atom is 0.419 e. The summed E-state index contributed by atoms with van der Waals surface area (Å²) in [6, 6.07) is 0.399. The summed E-state index contributed by atoms with van der Waals surface area (Å²) in [5, 5.41) is 1.92. The van der Waals surface area contributed by atoms with Gasteiger partial charge in [0, 0.05) is 5.56 Å². The van der Waals surface area contributed by atoms with Crippen molar-refractivity contribution in [1.82, 2.24) is 19.6 Å². The highest BCUT2D eigenvalue weighted by Crippen LogP contribution is 2.46. The lowest BCUT2D eigenvalue weighted by Crippen LogP contribution is -2.09. The number of rotatable bonds is 1. The summed E-state index contributed by atoms with van der Waals surface area (Å²) >= 11 is 23.7. The topological polar surface area (TPSA) is 43.1 Å². The van der Waals surface area contributed by atoms with E-state index in [0.29, 0.717) is 6.07 Å². The van der Waals surface area contributed by atoms with Gasteiger partial charge in [0.25, 0.3) is 5.78 Å². The third-order valence-corrected chi connectivity index (χ3v) is 4.32. The lowest BCUT2D eigenvalue weighted by molar-refractivity contribution is -0.139. The average molecular weight is 420 g/mol. The van der Waals surface area contributed by atoms with Crippen molar-refractivity contribution in [1.29, 1.82) is 0 Å². The minimum absolute atomic E-state index is 0.0355. The normalized spacial score (nSPS) is 12.2. The van der Waals surface area contributed by atoms with Crippen LogP contribution in [0.1, 0.15) is 5.56 Å². The van der Waals surface area contributed by atoms with Crippen LogP contribution in [0, 0.1) is 5.82 Å². The molecule has 0 aliphatic rings. The largest absolute Gasteiger partial charge is 0.419 e. The molecule has 126 valence electrons. The molecule has 0 amide bonds. The molecule has 2 aromatic heterocycles. The van der Waals surface area contributed by atoms with Gasteiger partial charge in [-0.15, -0.1) is 0 Å². The second kappa shape index (κ2) is 5.87. The molecule has 0 spiro atoms. The van der Waals surface area contributed by atoms with Crippen LogP contribution >= 0.6 is 46.4 Å². The van der Waals surface area contributed by atoms with Crippen LogP contribution in [0.5, 0.6) is 0 Å². The smallest absolute Gasteiger partial charge is 0.205 e. The van der Waals surface area contributed by atoms with E-state index in [-0.39, 0.29) is 27.2 Å². The van der Waals surface area contributed by atoms with Gasteiger partial charge in [-0.3, -0.25) is 0 Å². The second-order valence-corrected chi connectivity index (χ2v) is 5.95. The molecular formula is C12H2Cl4F4N4. The van der Waals surface area contributed by atoms with Crippen LogP contribution < -0.4 is 0 Å². The van der Waals surface area contributed by atoms with Crippen LogP contribution in [0.4, 0.5) is 17.6 Å². The highest BCUT2D eigenvalue weighted by atomic mass is 35.5. The van der Waals surface area contributed by atoms with Crippen LogP contribution in [0.25, 0.3) is 16.9 Å². The van der Waals surface area contributed by atoms with E-state index < -0.39 is 27.6 Å². The molecular weight excluding hydrogens is 418 g/mol. The zero-order valence-corrected chi connectivity index (χ0v) is 14.0. The summed E-state index contributed by atoms with van der Waals surface area (Å²) in [5.41, 5.74) is -2.11. The molecule has 1 aromatic carbocycles. The number of alkyl halides is 3. The summed E-state index contributed by atoms with van der Waals surface area (Å²) in [6.07, 6.45) is -3.84. The van der Waals surface area contributed by atoms with Crippen molar-refractivity contribution in [3.8, 4) is 11.1 Å². The summed E-state index contributed by atoms with van der Waals surface area (Å²) < 4.78 is 53.6. The fraction of sp³-hybridized carbons (Fsp3) is 0.0833. The molecule has 4 nitrogen and oxygen atoms in total. The summed E-state index contributed by atoms with van der Waals surface area (Å²) in [6.45, 7) is 0. The molecule has 0 radical (unpaired) electrons. The molecule has 12 heteroatoms. The van der Waals surface area contributed by atoms with Crippen molar-refractivity contribution in [2.24, 2.45) is 0 Å². The first-order valence-electron chi connectivity index (χ1n) is 5.92. The number of aromatic nitrogens is 4. The number of halogens is 8. The van der Waals surface area contributed by atoms with Gasteiger partial charge in [0.1, 0.15) is 16.6 Å². The molecule has 0 saturated carbocycles. The van der Waals surface area contributed by atoms with Gasteiger partial charge >= 0.3 is 6.18 Å². The van der Waals surface area contributed by atoms with E-state index in [0.717, 1.165) is 10.8 Å². The Morgan fingerprint density at radius 3 is 2.33 bits per heavy atom. The van der Waals surface area contributed by atoms with Crippen LogP contribution in [-0.4, -0.2) is 19.6 Å². The minimum atomic E-state index is -4.97. The van der Waals surface area contributed by atoms with Gasteiger partial charge in [-0.2, -0.15) is 32.8 Å². The lowest BCUT2D eigenvalue weighted by atomic mass is 10.1. The summed E-state index contributed by atoms with van der Waals surface area (Å²) in [7, 11) is 0. The lowest BCUT2D eigenvalue weighted by Gasteiger charge is -2.15. The second-order valence-electron chi connectivity index (χ2n) is 4.45. The predicted octanol–water partition coefficient (Wildman–Crippen LogP) is 5.56. The van der Waals surface area contributed by atoms with Crippen molar-refractivity contribution >= 4 is 52.2 Å². The van der Waals surface area contributed by atoms with Crippen molar-refractivity contribution in [2.45, 2.75) is 6.18 Å². The van der Waals surface area contributed by atoms with Crippen molar-refractivity contribution in [2.75, 3.05) is 0 Å². The predicted molar refractivity (Wildman–Crippen MR) is 81.2 cm³/mol. The Morgan fingerprint density at radius 1 is 1.04 bits per heavy atom. The Kier molecular flexibility index (Phi) is 4.28. The molecule has 0 fully saturated rings. The van der Waals surface area contributed by atoms with Crippen LogP contribution in [-0.2, 0) is 6.18 Å². The minimum Gasteiger partial charge on any atom is -0.205 e. The van der Waals surface area contributed by atoms with Gasteiger partial charge in [-0.25, -0.2) is 4.39 Å². The van der Waals surface area contributed by atoms with E-state index >= 15 is 0 Å². The summed E-state index contributed by atoms with van der Waals surface area (Å²) in [4.78, 5) is 7.63. The van der Waals surface area contributed by atoms with E-state index in [9.17, 15) is 17.6 Å². The Balaban J connectivity index is 2.38. The van der Waals surface area contributed by atoms with Gasteiger partial charge in [-0.1, -0.05) is 46.4 Å². The maximum absolute atomic E-state index is 14.1. The van der Waals surface area contributed by atoms with E-state index in [1.54, 1.807) is 0 Å². The van der Waals surface area contributed by atoms with E-state index in [2.05, 4.69) is 15.1 Å². The third-order valence-electron chi connectivity index (χ3n) is 3.04. The monoisotopic (exact) mass is 418 g/mol. The van der Waals surface area contributed by atoms with Crippen LogP contribution in [0.3, 0.4) is 0 Å². The molecule has 3 aromatic rings. The Bertz CT molecular complexity index is 970. The first kappa shape index (κ1) is 17.5. The number of hydrogen-bond donors (Lipinski definition) is 0. The molecule has 0 unspecified atom stereocenters. The molecule has 0 bridgehead atoms. The van der Waals surface area contributed by atoms with E-state index in [4.69, 9.17) is 46.4 Å². The van der Waals surface area contributed by atoms with E-state index in [1.807, 2.05) is 0 Å². The van der Waals surface area contributed by atoms with Gasteiger partial charge in [0.15, 0.2) is 5.82 Å². The molecule has 24 heavy (non-hydrogen) atoms. The van der Waals surface area contributed by atoms with Gasteiger partial charge < -0.3 is 0 Å². The zero-order chi connectivity index (χ0) is 17.8. The number of fused-ring (bicyclic) bond motifs is 1. The third kappa shape index (κ3) is 2.67. The Labute approximate surface area is 150 Å².